The van der Waals surface area contributed by atoms with Gasteiger partial charge >= 0.3 is 0 Å². The van der Waals surface area contributed by atoms with E-state index >= 15 is 0 Å². The molecular weight excluding hydrogens is 410 g/mol. The number of para-hydroxylation sites is 1. The number of carbonyl (C=O) groups is 1. The zero-order valence-corrected chi connectivity index (χ0v) is 17.8. The van der Waals surface area contributed by atoms with E-state index in [-0.39, 0.29) is 11.2 Å². The maximum Gasteiger partial charge on any atom is 0.239 e. The van der Waals surface area contributed by atoms with Gasteiger partial charge in [0.25, 0.3) is 0 Å². The van der Waals surface area contributed by atoms with Gasteiger partial charge in [0.05, 0.1) is 26.0 Å². The third-order valence-electron chi connectivity index (χ3n) is 4.41. The zero-order chi connectivity index (χ0) is 19.7. The van der Waals surface area contributed by atoms with E-state index < -0.39 is 0 Å². The standard InChI is InChI=1S/C21H18ClN3OS2/c1-3-17(27-19-10-12(2)14-6-4-5-7-15(14)23-19)20(26)25-21-24-16-9-8-13(22)11-18(16)28-21/h4-11,17H,3H2,1-2H3,(H,24,25,26). The SMILES string of the molecule is CCC(Sc1cc(C)c2ccccc2n1)C(=O)Nc1nc2ccc(Cl)cc2s1. The molecule has 0 aliphatic heterocycles. The van der Waals surface area contributed by atoms with Crippen LogP contribution in [0.3, 0.4) is 0 Å². The van der Waals surface area contributed by atoms with Crippen LogP contribution in [0.25, 0.3) is 21.1 Å². The molecule has 2 aromatic heterocycles. The normalized spacial score (nSPS) is 12.4. The minimum atomic E-state index is -0.247. The fraction of sp³-hybridized carbons (Fsp3) is 0.190. The summed E-state index contributed by atoms with van der Waals surface area (Å²) in [4.78, 5) is 22.0. The number of hydrogen-bond acceptors (Lipinski definition) is 5. The van der Waals surface area contributed by atoms with Gasteiger partial charge in [-0.3, -0.25) is 4.79 Å². The fourth-order valence-corrected chi connectivity index (χ4v) is 5.15. The van der Waals surface area contributed by atoms with Gasteiger partial charge in [-0.25, -0.2) is 9.97 Å². The molecule has 7 heteroatoms. The summed E-state index contributed by atoms with van der Waals surface area (Å²) < 4.78 is 0.954. The van der Waals surface area contributed by atoms with Crippen molar-refractivity contribution in [2.75, 3.05) is 5.32 Å². The van der Waals surface area contributed by atoms with Gasteiger partial charge in [0.1, 0.15) is 0 Å². The van der Waals surface area contributed by atoms with E-state index in [0.29, 0.717) is 16.6 Å². The van der Waals surface area contributed by atoms with E-state index in [0.717, 1.165) is 31.7 Å². The van der Waals surface area contributed by atoms with Crippen LogP contribution in [0.5, 0.6) is 0 Å². The number of fused-ring (bicyclic) bond motifs is 2. The van der Waals surface area contributed by atoms with E-state index in [9.17, 15) is 4.79 Å². The first-order valence-corrected chi connectivity index (χ1v) is 11.0. The van der Waals surface area contributed by atoms with Crippen LogP contribution in [0.1, 0.15) is 18.9 Å². The molecule has 28 heavy (non-hydrogen) atoms. The predicted molar refractivity (Wildman–Crippen MR) is 120 cm³/mol. The Hall–Kier alpha value is -2.15. The first-order chi connectivity index (χ1) is 13.5. The van der Waals surface area contributed by atoms with Gasteiger partial charge in [-0.1, -0.05) is 59.8 Å². The van der Waals surface area contributed by atoms with E-state index in [1.807, 2.05) is 43.3 Å². The summed E-state index contributed by atoms with van der Waals surface area (Å²) >= 11 is 8.95. The predicted octanol–water partition coefficient (Wildman–Crippen LogP) is 6.32. The number of thioether (sulfide) groups is 1. The molecule has 0 aliphatic carbocycles. The van der Waals surface area contributed by atoms with Crippen LogP contribution in [0, 0.1) is 6.92 Å². The zero-order valence-electron chi connectivity index (χ0n) is 15.4. The Morgan fingerprint density at radius 3 is 2.82 bits per heavy atom. The summed E-state index contributed by atoms with van der Waals surface area (Å²) in [5.74, 6) is -0.0646. The van der Waals surface area contributed by atoms with Crippen LogP contribution in [0.2, 0.25) is 5.02 Å². The third-order valence-corrected chi connectivity index (χ3v) is 6.86. The van der Waals surface area contributed by atoms with Gasteiger partial charge < -0.3 is 5.32 Å². The second kappa shape index (κ2) is 8.07. The van der Waals surface area contributed by atoms with E-state index in [1.54, 1.807) is 6.07 Å². The lowest BCUT2D eigenvalue weighted by atomic mass is 10.1. The summed E-state index contributed by atoms with van der Waals surface area (Å²) in [5, 5.41) is 5.94. The number of amides is 1. The molecule has 2 heterocycles. The van der Waals surface area contributed by atoms with Crippen LogP contribution in [0.4, 0.5) is 5.13 Å². The smallest absolute Gasteiger partial charge is 0.239 e. The van der Waals surface area contributed by atoms with Gasteiger partial charge in [-0.05, 0) is 49.2 Å². The van der Waals surface area contributed by atoms with Gasteiger partial charge in [-0.15, -0.1) is 0 Å². The summed E-state index contributed by atoms with van der Waals surface area (Å²) in [6.07, 6.45) is 0.695. The van der Waals surface area contributed by atoms with Crippen LogP contribution >= 0.6 is 34.7 Å². The van der Waals surface area contributed by atoms with Crippen molar-refractivity contribution in [3.63, 3.8) is 0 Å². The second-order valence-electron chi connectivity index (χ2n) is 6.43. The van der Waals surface area contributed by atoms with Crippen LogP contribution in [0.15, 0.2) is 53.6 Å². The second-order valence-corrected chi connectivity index (χ2v) is 9.12. The average molecular weight is 428 g/mol. The molecule has 4 aromatic rings. The highest BCUT2D eigenvalue weighted by molar-refractivity contribution is 8.00. The molecule has 142 valence electrons. The number of benzene rings is 2. The Kier molecular flexibility index (Phi) is 5.53. The van der Waals surface area contributed by atoms with E-state index in [4.69, 9.17) is 16.6 Å². The highest BCUT2D eigenvalue weighted by Gasteiger charge is 2.20. The number of aryl methyl sites for hydroxylation is 1. The number of aromatic nitrogens is 2. The Morgan fingerprint density at radius 2 is 2.00 bits per heavy atom. The molecule has 0 radical (unpaired) electrons. The topological polar surface area (TPSA) is 54.9 Å². The molecule has 0 bridgehead atoms. The quantitative estimate of drug-likeness (QED) is 0.379. The Bertz CT molecular complexity index is 1170. The monoisotopic (exact) mass is 427 g/mol. The fourth-order valence-electron chi connectivity index (χ4n) is 2.98. The minimum Gasteiger partial charge on any atom is -0.301 e. The van der Waals surface area contributed by atoms with Crippen molar-refractivity contribution < 1.29 is 4.79 Å². The molecule has 1 unspecified atom stereocenters. The Morgan fingerprint density at radius 1 is 1.18 bits per heavy atom. The molecule has 1 N–H and O–H groups in total. The summed E-state index contributed by atoms with van der Waals surface area (Å²) in [6, 6.07) is 15.6. The molecule has 2 aromatic carbocycles. The van der Waals surface area contributed by atoms with Crippen molar-refractivity contribution >= 4 is 66.9 Å². The maximum atomic E-state index is 12.8. The third kappa shape index (κ3) is 3.99. The summed E-state index contributed by atoms with van der Waals surface area (Å²) in [7, 11) is 0. The molecule has 0 aliphatic rings. The Balaban J connectivity index is 1.53. The molecular formula is C21H18ClN3OS2. The van der Waals surface area contributed by atoms with E-state index in [2.05, 4.69) is 23.3 Å². The number of hydrogen-bond donors (Lipinski definition) is 1. The van der Waals surface area contributed by atoms with Gasteiger partial charge in [0, 0.05) is 10.4 Å². The van der Waals surface area contributed by atoms with Crippen molar-refractivity contribution in [1.82, 2.24) is 9.97 Å². The lowest BCUT2D eigenvalue weighted by molar-refractivity contribution is -0.115. The van der Waals surface area contributed by atoms with E-state index in [1.165, 1.54) is 23.1 Å². The molecule has 0 saturated heterocycles. The highest BCUT2D eigenvalue weighted by atomic mass is 35.5. The molecule has 0 saturated carbocycles. The summed E-state index contributed by atoms with van der Waals surface area (Å²) in [5.41, 5.74) is 2.94. The first kappa shape index (κ1) is 19.2. The number of halogens is 1. The highest BCUT2D eigenvalue weighted by Crippen LogP contribution is 2.31. The van der Waals surface area contributed by atoms with Crippen LogP contribution in [-0.2, 0) is 4.79 Å². The molecule has 1 amide bonds. The number of rotatable bonds is 5. The number of pyridine rings is 1. The van der Waals surface area contributed by atoms with Crippen molar-refractivity contribution in [2.24, 2.45) is 0 Å². The van der Waals surface area contributed by atoms with Crippen molar-refractivity contribution in [2.45, 2.75) is 30.5 Å². The van der Waals surface area contributed by atoms with Crippen molar-refractivity contribution in [3.05, 3.63) is 59.1 Å². The first-order valence-electron chi connectivity index (χ1n) is 8.93. The van der Waals surface area contributed by atoms with Gasteiger partial charge in [0.15, 0.2) is 5.13 Å². The molecule has 1 atom stereocenters. The minimum absolute atomic E-state index is 0.0646. The molecule has 4 rings (SSSR count). The van der Waals surface area contributed by atoms with Crippen LogP contribution in [-0.4, -0.2) is 21.1 Å². The molecule has 0 spiro atoms. The number of thiazole rings is 1. The lowest BCUT2D eigenvalue weighted by Crippen LogP contribution is -2.24. The summed E-state index contributed by atoms with van der Waals surface area (Å²) in [6.45, 7) is 4.07. The number of nitrogens with zero attached hydrogens (tertiary/aromatic N) is 2. The number of anilines is 1. The van der Waals surface area contributed by atoms with Crippen LogP contribution < -0.4 is 5.32 Å². The molecule has 4 nitrogen and oxygen atoms in total. The Labute approximate surface area is 176 Å². The lowest BCUT2D eigenvalue weighted by Gasteiger charge is -2.14. The number of nitrogens with one attached hydrogen (secondary N) is 1. The average Bonchev–Trinajstić information content (AvgIpc) is 3.07. The van der Waals surface area contributed by atoms with Crippen molar-refractivity contribution in [1.29, 1.82) is 0 Å². The van der Waals surface area contributed by atoms with Gasteiger partial charge in [-0.2, -0.15) is 0 Å². The van der Waals surface area contributed by atoms with Crippen molar-refractivity contribution in [3.8, 4) is 0 Å². The van der Waals surface area contributed by atoms with Gasteiger partial charge in [0.2, 0.25) is 5.91 Å². The number of carbonyl (C=O) groups excluding carboxylic acids is 1. The largest absolute Gasteiger partial charge is 0.301 e. The molecule has 0 fully saturated rings. The maximum absolute atomic E-state index is 12.8.